The van der Waals surface area contributed by atoms with Gasteiger partial charge in [0.1, 0.15) is 6.61 Å². The van der Waals surface area contributed by atoms with E-state index in [1.165, 1.54) is 0 Å². The van der Waals surface area contributed by atoms with Gasteiger partial charge in [-0.1, -0.05) is 0 Å². The lowest BCUT2D eigenvalue weighted by Crippen LogP contribution is -2.21. The minimum absolute atomic E-state index is 0.348. The lowest BCUT2D eigenvalue weighted by molar-refractivity contribution is 0.293. The zero-order valence-electron chi connectivity index (χ0n) is 6.73. The van der Waals surface area contributed by atoms with Gasteiger partial charge in [0.15, 0.2) is 0 Å². The van der Waals surface area contributed by atoms with Crippen molar-refractivity contribution < 1.29 is 13.1 Å². The van der Waals surface area contributed by atoms with Crippen LogP contribution in [0.5, 0.6) is 0 Å². The van der Waals surface area contributed by atoms with E-state index in [4.69, 9.17) is 5.73 Å². The minimum Gasteiger partial charge on any atom is -0.330 e. The van der Waals surface area contributed by atoms with E-state index in [9.17, 15) is 4.57 Å². The molecule has 0 aliphatic carbocycles. The summed E-state index contributed by atoms with van der Waals surface area (Å²) in [5.74, 6) is 0. The Labute approximate surface area is 78.6 Å². The molecule has 1 atom stereocenters. The summed E-state index contributed by atoms with van der Waals surface area (Å²) in [6, 6.07) is 0. The van der Waals surface area contributed by atoms with Crippen LogP contribution in [-0.4, -0.2) is 26.2 Å². The van der Waals surface area contributed by atoms with Crippen LogP contribution in [0.15, 0.2) is 0 Å². The largest absolute Gasteiger partial charge is 0.709 e. The lowest BCUT2D eigenvalue weighted by atomic mass is 10.4. The summed E-state index contributed by atoms with van der Waals surface area (Å²) in [6.07, 6.45) is 0.926. The van der Waals surface area contributed by atoms with E-state index in [0.717, 1.165) is 13.0 Å². The molecule has 0 heterocycles. The van der Waals surface area contributed by atoms with Crippen LogP contribution in [-0.2, 0) is 13.1 Å². The zero-order valence-corrected chi connectivity index (χ0v) is 8.52. The Morgan fingerprint density at radius 3 is 2.83 bits per heavy atom. The Bertz CT molecular complexity index is 127. The normalized spacial score (nSPS) is 11.7. The summed E-state index contributed by atoms with van der Waals surface area (Å²) in [6.45, 7) is 2.50. The van der Waals surface area contributed by atoms with Crippen molar-refractivity contribution in [3.63, 3.8) is 0 Å². The van der Waals surface area contributed by atoms with Gasteiger partial charge in [0.05, 0.1) is 0 Å². The van der Waals surface area contributed by atoms with Crippen LogP contribution < -0.4 is 11.1 Å². The van der Waals surface area contributed by atoms with E-state index in [1.807, 2.05) is 0 Å². The van der Waals surface area contributed by atoms with Gasteiger partial charge in [0.2, 0.25) is 0 Å². The van der Waals surface area contributed by atoms with Gasteiger partial charge in [-0.25, -0.2) is 0 Å². The first-order valence-corrected chi connectivity index (χ1v) is 5.09. The Kier molecular flexibility index (Phi) is 9.61. The van der Waals surface area contributed by atoms with Crippen molar-refractivity contribution in [2.45, 2.75) is 6.42 Å². The molecule has 0 aromatic rings. The van der Waals surface area contributed by atoms with Crippen molar-refractivity contribution in [1.29, 1.82) is 0 Å². The third kappa shape index (κ3) is 8.39. The van der Waals surface area contributed by atoms with Crippen molar-refractivity contribution in [2.75, 3.05) is 26.2 Å². The molecule has 7 heteroatoms. The van der Waals surface area contributed by atoms with E-state index in [0.29, 0.717) is 19.7 Å². The van der Waals surface area contributed by atoms with Gasteiger partial charge in [-0.15, -0.1) is 4.52 Å². The maximum Gasteiger partial charge on any atom is 0.709 e. The Morgan fingerprint density at radius 2 is 2.25 bits per heavy atom. The number of nitrogens with one attached hydrogen (secondary N) is 1. The monoisotopic (exact) mass is 213 g/mol. The minimum atomic E-state index is -2.05. The van der Waals surface area contributed by atoms with Crippen molar-refractivity contribution in [2.24, 2.45) is 5.73 Å². The quantitative estimate of drug-likeness (QED) is 0.236. The predicted octanol–water partition coefficient (Wildman–Crippen LogP) is 0.460. The highest BCUT2D eigenvalue weighted by Crippen LogP contribution is 2.24. The van der Waals surface area contributed by atoms with Gasteiger partial charge in [0, 0.05) is 24.0 Å². The standard InChI is InChI=1S/C5H13N2O3PS/c6-2-1-3-7-4-5-9-11(8)10-12/h7H,1-6H2/p+1. The summed E-state index contributed by atoms with van der Waals surface area (Å²) in [5, 5.41) is 3.05. The second-order valence-electron chi connectivity index (χ2n) is 2.03. The molecule has 5 nitrogen and oxygen atoms in total. The number of hydrogen-bond acceptors (Lipinski definition) is 6. The topological polar surface area (TPSA) is 73.6 Å². The van der Waals surface area contributed by atoms with Crippen molar-refractivity contribution in [3.05, 3.63) is 0 Å². The van der Waals surface area contributed by atoms with Crippen LogP contribution in [0.4, 0.5) is 0 Å². The molecule has 0 radical (unpaired) electrons. The van der Waals surface area contributed by atoms with Gasteiger partial charge < -0.3 is 11.1 Å². The molecule has 72 valence electrons. The first-order valence-electron chi connectivity index (χ1n) is 3.63. The summed E-state index contributed by atoms with van der Waals surface area (Å²) >= 11 is 3.33. The van der Waals surface area contributed by atoms with E-state index in [-0.39, 0.29) is 0 Å². The third-order valence-electron chi connectivity index (χ3n) is 1.10. The molecule has 0 aliphatic heterocycles. The summed E-state index contributed by atoms with van der Waals surface area (Å²) in [5.41, 5.74) is 5.26. The summed E-state index contributed by atoms with van der Waals surface area (Å²) in [4.78, 5) is 0. The van der Waals surface area contributed by atoms with Crippen LogP contribution in [0.1, 0.15) is 6.42 Å². The second kappa shape index (κ2) is 9.38. The molecule has 0 aromatic heterocycles. The Morgan fingerprint density at radius 1 is 1.50 bits per heavy atom. The average Bonchev–Trinajstić information content (AvgIpc) is 2.10. The lowest BCUT2D eigenvalue weighted by Gasteiger charge is -1.98. The molecule has 1 unspecified atom stereocenters. The van der Waals surface area contributed by atoms with Crippen molar-refractivity contribution in [3.8, 4) is 0 Å². The summed E-state index contributed by atoms with van der Waals surface area (Å²) < 4.78 is 19.3. The fourth-order valence-corrected chi connectivity index (χ4v) is 0.997. The Hall–Kier alpha value is 0.290. The average molecular weight is 213 g/mol. The number of nitrogens with two attached hydrogens (primary N) is 1. The van der Waals surface area contributed by atoms with Crippen LogP contribution >= 0.6 is 21.2 Å². The molecule has 0 amide bonds. The van der Waals surface area contributed by atoms with Crippen molar-refractivity contribution in [1.82, 2.24) is 5.32 Å². The Balaban J connectivity index is 2.95. The third-order valence-corrected chi connectivity index (χ3v) is 2.03. The predicted molar refractivity (Wildman–Crippen MR) is 50.2 cm³/mol. The molecule has 0 saturated carbocycles. The number of hydrogen-bond donors (Lipinski definition) is 3. The molecule has 0 rings (SSSR count). The second-order valence-corrected chi connectivity index (χ2v) is 3.39. The number of rotatable bonds is 8. The molecule has 12 heavy (non-hydrogen) atoms. The van der Waals surface area contributed by atoms with E-state index in [1.54, 1.807) is 0 Å². The smallest absolute Gasteiger partial charge is 0.330 e. The molecule has 0 aliphatic rings. The van der Waals surface area contributed by atoms with Gasteiger partial charge >= 0.3 is 8.25 Å². The maximum absolute atomic E-state index is 10.5. The first-order chi connectivity index (χ1) is 5.81. The summed E-state index contributed by atoms with van der Waals surface area (Å²) in [7, 11) is -2.05. The fraction of sp³-hybridized carbons (Fsp3) is 1.00. The van der Waals surface area contributed by atoms with E-state index < -0.39 is 8.25 Å². The van der Waals surface area contributed by atoms with E-state index >= 15 is 0 Å². The highest BCUT2D eigenvalue weighted by atomic mass is 32.1. The molecule has 0 spiro atoms. The maximum atomic E-state index is 10.5. The van der Waals surface area contributed by atoms with Gasteiger partial charge in [0.25, 0.3) is 0 Å². The van der Waals surface area contributed by atoms with Crippen LogP contribution in [0.3, 0.4) is 0 Å². The van der Waals surface area contributed by atoms with E-state index in [2.05, 4.69) is 26.7 Å². The van der Waals surface area contributed by atoms with Crippen molar-refractivity contribution >= 4 is 21.2 Å². The van der Waals surface area contributed by atoms with Gasteiger partial charge in [-0.2, -0.15) is 0 Å². The zero-order chi connectivity index (χ0) is 9.23. The van der Waals surface area contributed by atoms with Gasteiger partial charge in [-0.3, -0.25) is 0 Å². The highest BCUT2D eigenvalue weighted by molar-refractivity contribution is 7.79. The molecular weight excluding hydrogens is 199 g/mol. The molecule has 3 N–H and O–H groups in total. The molecule has 0 saturated heterocycles. The fourth-order valence-electron chi connectivity index (χ4n) is 0.568. The SMILES string of the molecule is NCCCNCCO[P+](=O)OS. The molecule has 0 fully saturated rings. The molecule has 0 bridgehead atoms. The molecular formula is C5H14N2O3PS+. The van der Waals surface area contributed by atoms with Gasteiger partial charge in [-0.05, 0) is 23.5 Å². The van der Waals surface area contributed by atoms with Crippen LogP contribution in [0, 0.1) is 0 Å². The molecule has 0 aromatic carbocycles. The van der Waals surface area contributed by atoms with Crippen LogP contribution in [0.25, 0.3) is 0 Å². The number of thiol groups is 1. The first kappa shape index (κ1) is 12.3. The van der Waals surface area contributed by atoms with Crippen LogP contribution in [0.2, 0.25) is 0 Å². The highest BCUT2D eigenvalue weighted by Gasteiger charge is 2.16.